The molecule has 0 aliphatic rings. The van der Waals surface area contributed by atoms with Crippen LogP contribution in [0.25, 0.3) is 6.08 Å². The van der Waals surface area contributed by atoms with E-state index in [0.717, 1.165) is 12.2 Å². The van der Waals surface area contributed by atoms with Crippen LogP contribution in [-0.2, 0) is 4.79 Å². The summed E-state index contributed by atoms with van der Waals surface area (Å²) in [6.07, 6.45) is 4.40. The Labute approximate surface area is 108 Å². The molecule has 100 valence electrons. The lowest BCUT2D eigenvalue weighted by molar-refractivity contribution is -0.118. The molecule has 0 fully saturated rings. The van der Waals surface area contributed by atoms with E-state index in [9.17, 15) is 4.79 Å². The molecular weight excluding hydrogens is 230 g/mol. The zero-order valence-corrected chi connectivity index (χ0v) is 11.2. The van der Waals surface area contributed by atoms with Crippen molar-refractivity contribution in [2.24, 2.45) is 0 Å². The number of rotatable bonds is 6. The Morgan fingerprint density at radius 2 is 2.28 bits per heavy atom. The van der Waals surface area contributed by atoms with E-state index in [-0.39, 0.29) is 18.1 Å². The Hall–Kier alpha value is -1.55. The van der Waals surface area contributed by atoms with Gasteiger partial charge in [0.05, 0.1) is 0 Å². The molecule has 1 aromatic rings. The number of hydrogen-bond acceptors (Lipinski definition) is 3. The van der Waals surface area contributed by atoms with Gasteiger partial charge in [0.25, 0.3) is 0 Å². The van der Waals surface area contributed by atoms with Crippen molar-refractivity contribution in [2.45, 2.75) is 39.2 Å². The molecule has 0 bridgehead atoms. The van der Waals surface area contributed by atoms with Crippen molar-refractivity contribution in [2.75, 3.05) is 6.61 Å². The number of hydrogen-bond donors (Lipinski definition) is 2. The zero-order chi connectivity index (χ0) is 13.6. The molecule has 0 spiro atoms. The van der Waals surface area contributed by atoms with E-state index in [1.807, 2.05) is 32.9 Å². The third-order valence-corrected chi connectivity index (χ3v) is 3.03. The highest BCUT2D eigenvalue weighted by atomic mass is 16.3. The van der Waals surface area contributed by atoms with Gasteiger partial charge in [-0.25, -0.2) is 0 Å². The minimum Gasteiger partial charge on any atom is -0.462 e. The minimum atomic E-state index is -0.366. The van der Waals surface area contributed by atoms with Gasteiger partial charge in [-0.3, -0.25) is 4.79 Å². The fourth-order valence-electron chi connectivity index (χ4n) is 1.61. The van der Waals surface area contributed by atoms with E-state index in [4.69, 9.17) is 9.52 Å². The predicted molar refractivity (Wildman–Crippen MR) is 71.0 cm³/mol. The Balaban J connectivity index is 2.58. The smallest absolute Gasteiger partial charge is 0.244 e. The average Bonchev–Trinajstić information content (AvgIpc) is 2.73. The summed E-state index contributed by atoms with van der Waals surface area (Å²) in [6.45, 7) is 5.82. The van der Waals surface area contributed by atoms with Gasteiger partial charge in [0, 0.05) is 18.2 Å². The summed E-state index contributed by atoms with van der Waals surface area (Å²) in [5, 5.41) is 11.9. The molecule has 4 nitrogen and oxygen atoms in total. The summed E-state index contributed by atoms with van der Waals surface area (Å²) in [4.78, 5) is 11.8. The lowest BCUT2D eigenvalue weighted by atomic mass is 9.95. The average molecular weight is 251 g/mol. The number of aliphatic hydroxyl groups is 1. The maximum atomic E-state index is 11.8. The quantitative estimate of drug-likeness (QED) is 0.762. The summed E-state index contributed by atoms with van der Waals surface area (Å²) in [5.74, 6) is 1.29. The van der Waals surface area contributed by atoms with Crippen LogP contribution in [0, 0.1) is 6.92 Å². The van der Waals surface area contributed by atoms with Gasteiger partial charge in [-0.15, -0.1) is 0 Å². The molecule has 0 saturated carbocycles. The van der Waals surface area contributed by atoms with Gasteiger partial charge in [-0.05, 0) is 44.9 Å². The second-order valence-corrected chi connectivity index (χ2v) is 4.66. The van der Waals surface area contributed by atoms with Crippen molar-refractivity contribution in [3.05, 3.63) is 29.7 Å². The topological polar surface area (TPSA) is 62.5 Å². The van der Waals surface area contributed by atoms with E-state index in [1.165, 1.54) is 6.08 Å². The molecule has 1 unspecified atom stereocenters. The predicted octanol–water partition coefficient (Wildman–Crippen LogP) is 2.27. The fourth-order valence-corrected chi connectivity index (χ4v) is 1.61. The maximum Gasteiger partial charge on any atom is 0.244 e. The number of nitrogens with one attached hydrogen (secondary N) is 1. The molecule has 1 rings (SSSR count). The second-order valence-electron chi connectivity index (χ2n) is 4.66. The van der Waals surface area contributed by atoms with Gasteiger partial charge in [0.1, 0.15) is 11.5 Å². The molecule has 18 heavy (non-hydrogen) atoms. The SMILES string of the molecule is CCC(C)(CCO)NC(=O)/C=C/c1ccc(C)o1. The van der Waals surface area contributed by atoms with E-state index in [2.05, 4.69) is 5.32 Å². The molecule has 1 heterocycles. The first-order chi connectivity index (χ1) is 8.49. The van der Waals surface area contributed by atoms with Crippen LogP contribution in [0.3, 0.4) is 0 Å². The number of amides is 1. The monoisotopic (exact) mass is 251 g/mol. The molecular formula is C14H21NO3. The number of carbonyl (C=O) groups excluding carboxylic acids is 1. The van der Waals surface area contributed by atoms with Crippen LogP contribution < -0.4 is 5.32 Å². The highest BCUT2D eigenvalue weighted by molar-refractivity contribution is 5.91. The molecule has 1 atom stereocenters. The number of furan rings is 1. The van der Waals surface area contributed by atoms with E-state index < -0.39 is 0 Å². The Morgan fingerprint density at radius 3 is 2.78 bits per heavy atom. The van der Waals surface area contributed by atoms with Gasteiger partial charge >= 0.3 is 0 Å². The van der Waals surface area contributed by atoms with Crippen LogP contribution in [0.15, 0.2) is 22.6 Å². The van der Waals surface area contributed by atoms with Crippen molar-refractivity contribution >= 4 is 12.0 Å². The molecule has 2 N–H and O–H groups in total. The van der Waals surface area contributed by atoms with Gasteiger partial charge in [0.15, 0.2) is 0 Å². The normalized spacial score (nSPS) is 14.7. The van der Waals surface area contributed by atoms with Crippen LogP contribution >= 0.6 is 0 Å². The molecule has 0 saturated heterocycles. The Morgan fingerprint density at radius 1 is 1.56 bits per heavy atom. The third-order valence-electron chi connectivity index (χ3n) is 3.03. The molecule has 0 aromatic carbocycles. The zero-order valence-electron chi connectivity index (χ0n) is 11.2. The third kappa shape index (κ3) is 4.37. The molecule has 4 heteroatoms. The molecule has 0 radical (unpaired) electrons. The summed E-state index contributed by atoms with van der Waals surface area (Å²) in [6, 6.07) is 3.66. The summed E-state index contributed by atoms with van der Waals surface area (Å²) < 4.78 is 5.33. The van der Waals surface area contributed by atoms with Crippen molar-refractivity contribution in [1.82, 2.24) is 5.32 Å². The molecule has 1 aromatic heterocycles. The van der Waals surface area contributed by atoms with Crippen molar-refractivity contribution in [3.8, 4) is 0 Å². The first kappa shape index (κ1) is 14.5. The van der Waals surface area contributed by atoms with Crippen molar-refractivity contribution < 1.29 is 14.3 Å². The first-order valence-corrected chi connectivity index (χ1v) is 6.16. The van der Waals surface area contributed by atoms with E-state index in [0.29, 0.717) is 12.2 Å². The van der Waals surface area contributed by atoms with Crippen LogP contribution in [0.1, 0.15) is 38.2 Å². The van der Waals surface area contributed by atoms with Crippen LogP contribution in [0.4, 0.5) is 0 Å². The Kier molecular flexibility index (Phi) is 5.16. The second kappa shape index (κ2) is 6.40. The van der Waals surface area contributed by atoms with Crippen molar-refractivity contribution in [3.63, 3.8) is 0 Å². The van der Waals surface area contributed by atoms with Crippen molar-refractivity contribution in [1.29, 1.82) is 0 Å². The number of carbonyl (C=O) groups is 1. The number of aliphatic hydroxyl groups excluding tert-OH is 1. The minimum absolute atomic E-state index is 0.0612. The highest BCUT2D eigenvalue weighted by Crippen LogP contribution is 2.14. The van der Waals surface area contributed by atoms with Gasteiger partial charge in [0.2, 0.25) is 5.91 Å². The maximum absolute atomic E-state index is 11.8. The summed E-state index contributed by atoms with van der Waals surface area (Å²) in [5.41, 5.74) is -0.366. The fraction of sp³-hybridized carbons (Fsp3) is 0.500. The Bertz CT molecular complexity index is 422. The summed E-state index contributed by atoms with van der Waals surface area (Å²) >= 11 is 0. The summed E-state index contributed by atoms with van der Waals surface area (Å²) in [7, 11) is 0. The van der Waals surface area contributed by atoms with E-state index >= 15 is 0 Å². The van der Waals surface area contributed by atoms with Crippen LogP contribution in [0.5, 0.6) is 0 Å². The van der Waals surface area contributed by atoms with Gasteiger partial charge in [-0.1, -0.05) is 6.92 Å². The standard InChI is InChI=1S/C14H21NO3/c1-4-14(3,9-10-16)15-13(17)8-7-12-6-5-11(2)18-12/h5-8,16H,4,9-10H2,1-3H3,(H,15,17)/b8-7+. The van der Waals surface area contributed by atoms with E-state index in [1.54, 1.807) is 6.08 Å². The highest BCUT2D eigenvalue weighted by Gasteiger charge is 2.22. The van der Waals surface area contributed by atoms with Gasteiger partial charge < -0.3 is 14.8 Å². The van der Waals surface area contributed by atoms with Crippen LogP contribution in [0.2, 0.25) is 0 Å². The lowest BCUT2D eigenvalue weighted by Crippen LogP contribution is -2.45. The van der Waals surface area contributed by atoms with Crippen LogP contribution in [-0.4, -0.2) is 23.2 Å². The molecule has 1 amide bonds. The molecule has 0 aliphatic carbocycles. The number of aryl methyl sites for hydroxylation is 1. The molecule has 0 aliphatic heterocycles. The van der Waals surface area contributed by atoms with Gasteiger partial charge in [-0.2, -0.15) is 0 Å². The first-order valence-electron chi connectivity index (χ1n) is 6.16. The largest absolute Gasteiger partial charge is 0.462 e. The lowest BCUT2D eigenvalue weighted by Gasteiger charge is -2.28.